The third-order valence-corrected chi connectivity index (χ3v) is 3.58. The third-order valence-electron chi connectivity index (χ3n) is 2.43. The molecular weight excluding hydrogens is 249 g/mol. The first-order valence-corrected chi connectivity index (χ1v) is 6.69. The molecule has 2 nitrogen and oxygen atoms in total. The number of halogens is 1. The highest BCUT2D eigenvalue weighted by atomic mass is 32.2. The summed E-state index contributed by atoms with van der Waals surface area (Å²) in [5.41, 5.74) is 0.879. The molecule has 1 N–H and O–H groups in total. The van der Waals surface area contributed by atoms with Crippen LogP contribution in [0.1, 0.15) is 5.69 Å². The second kappa shape index (κ2) is 6.52. The molecule has 2 aromatic rings. The highest BCUT2D eigenvalue weighted by Gasteiger charge is 2.07. The van der Waals surface area contributed by atoms with Gasteiger partial charge in [0.25, 0.3) is 0 Å². The molecule has 0 saturated carbocycles. The summed E-state index contributed by atoms with van der Waals surface area (Å²) in [6, 6.07) is 11.9. The molecule has 0 spiro atoms. The van der Waals surface area contributed by atoms with Crippen LogP contribution >= 0.6 is 11.8 Å². The minimum atomic E-state index is -0.449. The van der Waals surface area contributed by atoms with Gasteiger partial charge < -0.3 is 5.11 Å². The lowest BCUT2D eigenvalue weighted by molar-refractivity contribution is 0.199. The van der Waals surface area contributed by atoms with E-state index in [2.05, 4.69) is 4.98 Å². The summed E-state index contributed by atoms with van der Waals surface area (Å²) in [6.07, 6.45) is 1.81. The van der Waals surface area contributed by atoms with Gasteiger partial charge in [0.1, 0.15) is 5.82 Å². The van der Waals surface area contributed by atoms with Gasteiger partial charge in [-0.2, -0.15) is 0 Å². The minimum Gasteiger partial charge on any atom is -0.392 e. The first-order chi connectivity index (χ1) is 8.74. The van der Waals surface area contributed by atoms with Crippen LogP contribution in [0.15, 0.2) is 53.6 Å². The summed E-state index contributed by atoms with van der Waals surface area (Å²) in [5, 5.41) is 9.88. The highest BCUT2D eigenvalue weighted by Crippen LogP contribution is 2.19. The van der Waals surface area contributed by atoms with Gasteiger partial charge >= 0.3 is 0 Å². The maximum absolute atomic E-state index is 12.7. The van der Waals surface area contributed by atoms with Gasteiger partial charge in [0.2, 0.25) is 0 Å². The second-order valence-corrected chi connectivity index (χ2v) is 5.04. The summed E-state index contributed by atoms with van der Waals surface area (Å²) in [6.45, 7) is 0. The van der Waals surface area contributed by atoms with Crippen molar-refractivity contribution in [2.75, 3.05) is 5.75 Å². The predicted octanol–water partition coefficient (Wildman–Crippen LogP) is 2.92. The average Bonchev–Trinajstić information content (AvgIpc) is 2.39. The first-order valence-electron chi connectivity index (χ1n) is 5.70. The molecule has 1 atom stereocenters. The highest BCUT2D eigenvalue weighted by molar-refractivity contribution is 7.99. The van der Waals surface area contributed by atoms with Crippen molar-refractivity contribution in [3.8, 4) is 0 Å². The Morgan fingerprint density at radius 2 is 1.94 bits per heavy atom. The van der Waals surface area contributed by atoms with E-state index in [1.807, 2.05) is 18.2 Å². The summed E-state index contributed by atoms with van der Waals surface area (Å²) in [5.74, 6) is 0.329. The third kappa shape index (κ3) is 4.13. The zero-order valence-electron chi connectivity index (χ0n) is 9.79. The minimum absolute atomic E-state index is 0.242. The van der Waals surface area contributed by atoms with E-state index < -0.39 is 6.10 Å². The molecule has 1 unspecified atom stereocenters. The molecule has 18 heavy (non-hydrogen) atoms. The van der Waals surface area contributed by atoms with Crippen molar-refractivity contribution >= 4 is 11.8 Å². The second-order valence-electron chi connectivity index (χ2n) is 3.94. The van der Waals surface area contributed by atoms with Gasteiger partial charge in [0.05, 0.1) is 6.10 Å². The molecule has 0 fully saturated rings. The lowest BCUT2D eigenvalue weighted by atomic mass is 10.2. The Bertz CT molecular complexity index is 475. The SMILES string of the molecule is OC(CSc1ccc(F)cc1)Cc1ccccn1. The van der Waals surface area contributed by atoms with Crippen molar-refractivity contribution in [2.24, 2.45) is 0 Å². The molecule has 0 bridgehead atoms. The van der Waals surface area contributed by atoms with Gasteiger partial charge in [-0.3, -0.25) is 4.98 Å². The zero-order valence-corrected chi connectivity index (χ0v) is 10.6. The molecule has 0 aliphatic rings. The lowest BCUT2D eigenvalue weighted by Crippen LogP contribution is -2.14. The Kier molecular flexibility index (Phi) is 4.73. The number of rotatable bonds is 5. The van der Waals surface area contributed by atoms with Crippen LogP contribution in [0, 0.1) is 5.82 Å². The van der Waals surface area contributed by atoms with Crippen molar-refractivity contribution in [2.45, 2.75) is 17.4 Å². The van der Waals surface area contributed by atoms with E-state index in [0.29, 0.717) is 12.2 Å². The van der Waals surface area contributed by atoms with Crippen LogP contribution < -0.4 is 0 Å². The van der Waals surface area contributed by atoms with Gasteiger partial charge in [0.15, 0.2) is 0 Å². The van der Waals surface area contributed by atoms with E-state index in [1.165, 1.54) is 23.9 Å². The number of hydrogen-bond donors (Lipinski definition) is 1. The molecule has 4 heteroatoms. The molecule has 1 aromatic heterocycles. The van der Waals surface area contributed by atoms with E-state index in [4.69, 9.17) is 0 Å². The van der Waals surface area contributed by atoms with Crippen LogP contribution in [-0.4, -0.2) is 21.9 Å². The molecule has 1 aromatic carbocycles. The van der Waals surface area contributed by atoms with Gasteiger partial charge in [0, 0.05) is 29.0 Å². The van der Waals surface area contributed by atoms with Gasteiger partial charge in [-0.1, -0.05) is 6.07 Å². The summed E-state index contributed by atoms with van der Waals surface area (Å²) >= 11 is 1.51. The van der Waals surface area contributed by atoms with Crippen molar-refractivity contribution in [1.82, 2.24) is 4.98 Å². The number of pyridine rings is 1. The molecular formula is C14H14FNOS. The smallest absolute Gasteiger partial charge is 0.123 e. The Labute approximate surface area is 110 Å². The van der Waals surface area contributed by atoms with Crippen molar-refractivity contribution in [3.05, 3.63) is 60.2 Å². The molecule has 94 valence electrons. The molecule has 0 aliphatic heterocycles. The normalized spacial score (nSPS) is 12.3. The molecule has 0 aliphatic carbocycles. The largest absolute Gasteiger partial charge is 0.392 e. The number of aliphatic hydroxyl groups excluding tert-OH is 1. The molecule has 1 heterocycles. The molecule has 0 saturated heterocycles. The van der Waals surface area contributed by atoms with E-state index in [1.54, 1.807) is 18.3 Å². The zero-order chi connectivity index (χ0) is 12.8. The van der Waals surface area contributed by atoms with Crippen LogP contribution in [0.5, 0.6) is 0 Å². The van der Waals surface area contributed by atoms with Crippen LogP contribution in [0.2, 0.25) is 0 Å². The molecule has 2 rings (SSSR count). The van der Waals surface area contributed by atoms with Crippen molar-refractivity contribution in [1.29, 1.82) is 0 Å². The van der Waals surface area contributed by atoms with Gasteiger partial charge in [-0.25, -0.2) is 4.39 Å². The quantitative estimate of drug-likeness (QED) is 0.842. The number of aliphatic hydroxyl groups is 1. The number of thioether (sulfide) groups is 1. The van der Waals surface area contributed by atoms with Crippen molar-refractivity contribution in [3.63, 3.8) is 0 Å². The van der Waals surface area contributed by atoms with E-state index in [0.717, 1.165) is 10.6 Å². The van der Waals surface area contributed by atoms with Gasteiger partial charge in [-0.05, 0) is 36.4 Å². The number of benzene rings is 1. The van der Waals surface area contributed by atoms with Crippen LogP contribution in [0.25, 0.3) is 0 Å². The first kappa shape index (κ1) is 13.1. The lowest BCUT2D eigenvalue weighted by Gasteiger charge is -2.09. The average molecular weight is 263 g/mol. The predicted molar refractivity (Wildman–Crippen MR) is 71.1 cm³/mol. The van der Waals surface area contributed by atoms with Crippen molar-refractivity contribution < 1.29 is 9.50 Å². The molecule has 0 radical (unpaired) electrons. The maximum Gasteiger partial charge on any atom is 0.123 e. The topological polar surface area (TPSA) is 33.1 Å². The van der Waals surface area contributed by atoms with Crippen LogP contribution in [0.4, 0.5) is 4.39 Å². The Morgan fingerprint density at radius 3 is 2.61 bits per heavy atom. The van der Waals surface area contributed by atoms with E-state index in [-0.39, 0.29) is 5.82 Å². The summed E-state index contributed by atoms with van der Waals surface area (Å²) in [4.78, 5) is 5.12. The van der Waals surface area contributed by atoms with Crippen LogP contribution in [0.3, 0.4) is 0 Å². The monoisotopic (exact) mass is 263 g/mol. The Morgan fingerprint density at radius 1 is 1.17 bits per heavy atom. The summed E-state index contributed by atoms with van der Waals surface area (Å²) in [7, 11) is 0. The van der Waals surface area contributed by atoms with E-state index >= 15 is 0 Å². The fourth-order valence-corrected chi connectivity index (χ4v) is 2.37. The number of hydrogen-bond acceptors (Lipinski definition) is 3. The standard InChI is InChI=1S/C14H14FNOS/c15-11-4-6-14(7-5-11)18-10-13(17)9-12-3-1-2-8-16-12/h1-8,13,17H,9-10H2. The molecule has 0 amide bonds. The summed E-state index contributed by atoms with van der Waals surface area (Å²) < 4.78 is 12.7. The Balaban J connectivity index is 1.81. The van der Waals surface area contributed by atoms with E-state index in [9.17, 15) is 9.50 Å². The fraction of sp³-hybridized carbons (Fsp3) is 0.214. The number of nitrogens with zero attached hydrogens (tertiary/aromatic N) is 1. The number of aromatic nitrogens is 1. The fourth-order valence-electron chi connectivity index (χ4n) is 1.54. The maximum atomic E-state index is 12.7. The van der Waals surface area contributed by atoms with Crippen LogP contribution in [-0.2, 0) is 6.42 Å². The Hall–Kier alpha value is -1.39. The van der Waals surface area contributed by atoms with Gasteiger partial charge in [-0.15, -0.1) is 11.8 Å².